The third-order valence-corrected chi connectivity index (χ3v) is 8.55. The van der Waals surface area contributed by atoms with Gasteiger partial charge in [-0.15, -0.1) is 0 Å². The maximum Gasteiger partial charge on any atom is 0.261 e. The molecule has 4 aromatic rings. The van der Waals surface area contributed by atoms with Crippen LogP contribution < -0.4 is 19.1 Å². The molecule has 1 amide bonds. The lowest BCUT2D eigenvalue weighted by Gasteiger charge is -2.36. The minimum Gasteiger partial charge on any atom is -0.497 e. The van der Waals surface area contributed by atoms with Gasteiger partial charge in [0, 0.05) is 43.6 Å². The molecule has 212 valence electrons. The topological polar surface area (TPSA) is 88.2 Å². The molecule has 8 nitrogen and oxygen atoms in total. The molecule has 0 unspecified atom stereocenters. The molecule has 0 aliphatic carbocycles. The summed E-state index contributed by atoms with van der Waals surface area (Å²) in [6.45, 7) is 2.58. The summed E-state index contributed by atoms with van der Waals surface area (Å²) in [5, 5.41) is 0. The Hall–Kier alpha value is -4.50. The first-order chi connectivity index (χ1) is 19.8. The number of nitrogens with one attached hydrogen (secondary N) is 1. The van der Waals surface area contributed by atoms with Crippen LogP contribution in [-0.4, -0.2) is 59.6 Å². The third kappa shape index (κ3) is 6.81. The van der Waals surface area contributed by atoms with Crippen LogP contribution in [0.2, 0.25) is 0 Å². The number of methoxy groups -OCH3 is 2. The summed E-state index contributed by atoms with van der Waals surface area (Å²) in [6.07, 6.45) is 0.275. The normalized spacial score (nSPS) is 13.5. The zero-order chi connectivity index (χ0) is 28.8. The molecule has 1 saturated heterocycles. The van der Waals surface area contributed by atoms with E-state index in [1.165, 1.54) is 0 Å². The summed E-state index contributed by atoms with van der Waals surface area (Å²) < 4.78 is 39.2. The minimum atomic E-state index is -3.73. The van der Waals surface area contributed by atoms with Gasteiger partial charge >= 0.3 is 0 Å². The number of benzene rings is 4. The summed E-state index contributed by atoms with van der Waals surface area (Å²) in [7, 11) is -0.547. The molecule has 4 aromatic carbocycles. The van der Waals surface area contributed by atoms with Crippen molar-refractivity contribution in [3.8, 4) is 22.6 Å². The first-order valence-corrected chi connectivity index (χ1v) is 14.9. The predicted octanol–water partition coefficient (Wildman–Crippen LogP) is 5.06. The number of hydrogen-bond acceptors (Lipinski definition) is 6. The van der Waals surface area contributed by atoms with Gasteiger partial charge in [-0.25, -0.2) is 8.42 Å². The van der Waals surface area contributed by atoms with E-state index in [2.05, 4.69) is 9.62 Å². The Bertz CT molecular complexity index is 1560. The lowest BCUT2D eigenvalue weighted by atomic mass is 10.1. The Labute approximate surface area is 241 Å². The molecule has 1 fully saturated rings. The summed E-state index contributed by atoms with van der Waals surface area (Å²) >= 11 is 0. The third-order valence-electron chi connectivity index (χ3n) is 7.16. The van der Waals surface area contributed by atoms with E-state index in [1.807, 2.05) is 71.6 Å². The number of anilines is 2. The highest BCUT2D eigenvalue weighted by atomic mass is 32.2. The second-order valence-electron chi connectivity index (χ2n) is 9.81. The molecule has 0 spiro atoms. The van der Waals surface area contributed by atoms with E-state index >= 15 is 0 Å². The van der Waals surface area contributed by atoms with Gasteiger partial charge in [0.15, 0.2) is 0 Å². The number of rotatable bonds is 9. The van der Waals surface area contributed by atoms with Crippen LogP contribution in [0.3, 0.4) is 0 Å². The van der Waals surface area contributed by atoms with Crippen LogP contribution in [0.1, 0.15) is 5.56 Å². The Kier molecular flexibility index (Phi) is 8.45. The molecule has 0 bridgehead atoms. The van der Waals surface area contributed by atoms with E-state index in [0.29, 0.717) is 43.4 Å². The van der Waals surface area contributed by atoms with E-state index in [0.717, 1.165) is 22.4 Å². The monoisotopic (exact) mass is 571 g/mol. The van der Waals surface area contributed by atoms with Crippen LogP contribution in [0, 0.1) is 0 Å². The quantitative estimate of drug-likeness (QED) is 0.302. The molecule has 0 aromatic heterocycles. The van der Waals surface area contributed by atoms with Crippen LogP contribution in [0.4, 0.5) is 11.4 Å². The Morgan fingerprint density at radius 3 is 1.93 bits per heavy atom. The van der Waals surface area contributed by atoms with Gasteiger partial charge in [-0.3, -0.25) is 9.52 Å². The van der Waals surface area contributed by atoms with Gasteiger partial charge < -0.3 is 19.3 Å². The van der Waals surface area contributed by atoms with Crippen LogP contribution in [0.15, 0.2) is 102 Å². The number of hydrogen-bond donors (Lipinski definition) is 1. The minimum absolute atomic E-state index is 0.0570. The lowest BCUT2D eigenvalue weighted by molar-refractivity contribution is -0.130. The fraction of sp³-hybridized carbons (Fsp3) is 0.219. The number of ether oxygens (including phenoxy) is 2. The molecule has 1 aliphatic heterocycles. The average molecular weight is 572 g/mol. The van der Waals surface area contributed by atoms with Crippen molar-refractivity contribution in [2.45, 2.75) is 11.3 Å². The van der Waals surface area contributed by atoms with Crippen molar-refractivity contribution in [2.24, 2.45) is 0 Å². The second-order valence-corrected chi connectivity index (χ2v) is 11.5. The van der Waals surface area contributed by atoms with Gasteiger partial charge in [0.25, 0.3) is 10.0 Å². The maximum absolute atomic E-state index is 13.0. The van der Waals surface area contributed by atoms with Crippen LogP contribution >= 0.6 is 0 Å². The molecule has 9 heteroatoms. The molecule has 1 aliphatic rings. The molecular formula is C32H33N3O5S. The first kappa shape index (κ1) is 28.0. The van der Waals surface area contributed by atoms with Crippen molar-refractivity contribution >= 4 is 27.3 Å². The van der Waals surface area contributed by atoms with Crippen molar-refractivity contribution in [2.75, 3.05) is 50.0 Å². The van der Waals surface area contributed by atoms with Crippen molar-refractivity contribution in [1.82, 2.24) is 4.90 Å². The number of nitrogens with zero attached hydrogens (tertiary/aromatic N) is 2. The lowest BCUT2D eigenvalue weighted by Crippen LogP contribution is -2.49. The van der Waals surface area contributed by atoms with Crippen molar-refractivity contribution in [3.05, 3.63) is 103 Å². The summed E-state index contributed by atoms with van der Waals surface area (Å²) in [4.78, 5) is 17.2. The molecule has 0 saturated carbocycles. The zero-order valence-electron chi connectivity index (χ0n) is 23.1. The van der Waals surface area contributed by atoms with E-state index in [4.69, 9.17) is 9.47 Å². The summed E-state index contributed by atoms with van der Waals surface area (Å²) in [5.41, 5.74) is 4.30. The smallest absolute Gasteiger partial charge is 0.261 e. The van der Waals surface area contributed by atoms with Crippen LogP contribution in [-0.2, 0) is 21.2 Å². The van der Waals surface area contributed by atoms with Gasteiger partial charge in [-0.05, 0) is 65.2 Å². The van der Waals surface area contributed by atoms with E-state index in [-0.39, 0.29) is 17.2 Å². The number of sulfonamides is 1. The van der Waals surface area contributed by atoms with Gasteiger partial charge in [0.1, 0.15) is 11.5 Å². The molecule has 0 atom stereocenters. The van der Waals surface area contributed by atoms with Gasteiger partial charge in [0.2, 0.25) is 5.91 Å². The van der Waals surface area contributed by atoms with E-state index < -0.39 is 10.0 Å². The average Bonchev–Trinajstić information content (AvgIpc) is 3.01. The van der Waals surface area contributed by atoms with Gasteiger partial charge in [-0.1, -0.05) is 42.5 Å². The Morgan fingerprint density at radius 2 is 1.34 bits per heavy atom. The molecule has 1 heterocycles. The zero-order valence-corrected chi connectivity index (χ0v) is 23.9. The summed E-state index contributed by atoms with van der Waals surface area (Å²) in [6, 6.07) is 29.5. The fourth-order valence-electron chi connectivity index (χ4n) is 4.88. The predicted molar refractivity (Wildman–Crippen MR) is 161 cm³/mol. The maximum atomic E-state index is 13.0. The molecule has 41 heavy (non-hydrogen) atoms. The Morgan fingerprint density at radius 1 is 0.756 bits per heavy atom. The molecule has 5 rings (SSSR count). The van der Waals surface area contributed by atoms with Crippen LogP contribution in [0.25, 0.3) is 11.1 Å². The number of carbonyl (C=O) groups is 1. The molecular weight excluding hydrogens is 538 g/mol. The highest BCUT2D eigenvalue weighted by Crippen LogP contribution is 2.26. The highest BCUT2D eigenvalue weighted by molar-refractivity contribution is 7.92. The largest absolute Gasteiger partial charge is 0.497 e. The molecule has 1 N–H and O–H groups in total. The molecule has 0 radical (unpaired) electrons. The van der Waals surface area contributed by atoms with Gasteiger partial charge in [0.05, 0.1) is 25.5 Å². The fourth-order valence-corrected chi connectivity index (χ4v) is 5.94. The van der Waals surface area contributed by atoms with Crippen molar-refractivity contribution in [1.29, 1.82) is 0 Å². The highest BCUT2D eigenvalue weighted by Gasteiger charge is 2.22. The number of piperazine rings is 1. The first-order valence-electron chi connectivity index (χ1n) is 13.4. The standard InChI is InChI=1S/C32H33N3O5S/c1-39-29-20-24(21-30(23-29)40-2)22-32(36)35-18-16-34(17-19-35)28-12-10-27(11-13-28)33-41(37,38)31-14-8-26(9-15-31)25-6-4-3-5-7-25/h3-15,20-21,23,33H,16-19,22H2,1-2H3. The SMILES string of the molecule is COc1cc(CC(=O)N2CCN(c3ccc(NS(=O)(=O)c4ccc(-c5ccccc5)cc4)cc3)CC2)cc(OC)c1. The summed E-state index contributed by atoms with van der Waals surface area (Å²) in [5.74, 6) is 1.37. The van der Waals surface area contributed by atoms with E-state index in [9.17, 15) is 13.2 Å². The van der Waals surface area contributed by atoms with Crippen molar-refractivity contribution in [3.63, 3.8) is 0 Å². The Balaban J connectivity index is 1.16. The van der Waals surface area contributed by atoms with E-state index in [1.54, 1.807) is 44.6 Å². The number of amides is 1. The van der Waals surface area contributed by atoms with Crippen LogP contribution in [0.5, 0.6) is 11.5 Å². The number of carbonyl (C=O) groups excluding carboxylic acids is 1. The second kappa shape index (κ2) is 12.3. The van der Waals surface area contributed by atoms with Gasteiger partial charge in [-0.2, -0.15) is 0 Å². The van der Waals surface area contributed by atoms with Crippen molar-refractivity contribution < 1.29 is 22.7 Å².